The predicted octanol–water partition coefficient (Wildman–Crippen LogP) is 3.68. The molecule has 0 aliphatic rings. The molecule has 1 heterocycles. The summed E-state index contributed by atoms with van der Waals surface area (Å²) in [4.78, 5) is 27.7. The van der Waals surface area contributed by atoms with Gasteiger partial charge in [-0.15, -0.1) is 0 Å². The summed E-state index contributed by atoms with van der Waals surface area (Å²) in [7, 11) is 0. The maximum atomic E-state index is 12.4. The van der Waals surface area contributed by atoms with Crippen molar-refractivity contribution in [3.63, 3.8) is 0 Å². The van der Waals surface area contributed by atoms with Crippen LogP contribution in [0.4, 0.5) is 5.69 Å². The Hall–Kier alpha value is -3.28. The zero-order valence-corrected chi connectivity index (χ0v) is 15.3. The van der Waals surface area contributed by atoms with Gasteiger partial charge < -0.3 is 19.8 Å². The Balaban J connectivity index is 1.60. The Morgan fingerprint density at radius 2 is 1.85 bits per heavy atom. The van der Waals surface area contributed by atoms with E-state index in [9.17, 15) is 9.59 Å². The smallest absolute Gasteiger partial charge is 0.311 e. The minimum Gasteiger partial charge on any atom is -0.492 e. The fraction of sp³-hybridized carbons (Fsp3) is 0.238. The van der Waals surface area contributed by atoms with E-state index in [2.05, 4.69) is 10.3 Å². The minimum atomic E-state index is -0.919. The average molecular weight is 366 g/mol. The van der Waals surface area contributed by atoms with Crippen molar-refractivity contribution in [2.45, 2.75) is 26.4 Å². The molecular weight excluding hydrogens is 344 g/mol. The number of H-pyrrole nitrogens is 1. The molecule has 0 fully saturated rings. The number of benzene rings is 2. The van der Waals surface area contributed by atoms with Gasteiger partial charge in [0.1, 0.15) is 5.75 Å². The van der Waals surface area contributed by atoms with Crippen LogP contribution in [0.3, 0.4) is 0 Å². The van der Waals surface area contributed by atoms with Gasteiger partial charge in [0.15, 0.2) is 6.10 Å². The Bertz CT molecular complexity index is 948. The van der Waals surface area contributed by atoms with E-state index in [1.54, 1.807) is 31.3 Å². The van der Waals surface area contributed by atoms with Crippen molar-refractivity contribution < 1.29 is 19.1 Å². The van der Waals surface area contributed by atoms with E-state index in [0.29, 0.717) is 18.0 Å². The Morgan fingerprint density at radius 1 is 1.11 bits per heavy atom. The first kappa shape index (κ1) is 18.5. The standard InChI is InChI=1S/C21H22N2O4/c1-3-26-19-11-7-6-10-18(19)23-21(25)14(2)27-20(24)12-15-13-22-17-9-5-4-8-16(15)17/h4-11,13-14,22H,3,12H2,1-2H3,(H,23,25). The lowest BCUT2D eigenvalue weighted by molar-refractivity contribution is -0.152. The van der Waals surface area contributed by atoms with Gasteiger partial charge in [0.2, 0.25) is 0 Å². The van der Waals surface area contributed by atoms with E-state index < -0.39 is 18.0 Å². The van der Waals surface area contributed by atoms with Crippen LogP contribution < -0.4 is 10.1 Å². The molecule has 0 aliphatic heterocycles. The lowest BCUT2D eigenvalue weighted by atomic mass is 10.1. The third-order valence-corrected chi connectivity index (χ3v) is 4.13. The van der Waals surface area contributed by atoms with E-state index in [4.69, 9.17) is 9.47 Å². The normalized spacial score (nSPS) is 11.8. The van der Waals surface area contributed by atoms with Crippen molar-refractivity contribution in [2.75, 3.05) is 11.9 Å². The van der Waals surface area contributed by atoms with E-state index in [1.165, 1.54) is 0 Å². The molecule has 6 nitrogen and oxygen atoms in total. The zero-order chi connectivity index (χ0) is 19.2. The average Bonchev–Trinajstić information content (AvgIpc) is 3.06. The molecule has 6 heteroatoms. The molecule has 1 amide bonds. The van der Waals surface area contributed by atoms with Gasteiger partial charge in [0, 0.05) is 17.1 Å². The second-order valence-corrected chi connectivity index (χ2v) is 6.09. The molecule has 27 heavy (non-hydrogen) atoms. The van der Waals surface area contributed by atoms with Gasteiger partial charge in [-0.25, -0.2) is 0 Å². The molecule has 2 aromatic carbocycles. The topological polar surface area (TPSA) is 80.4 Å². The molecule has 0 saturated carbocycles. The Morgan fingerprint density at radius 3 is 2.67 bits per heavy atom. The minimum absolute atomic E-state index is 0.0944. The van der Waals surface area contributed by atoms with Crippen LogP contribution in [0.15, 0.2) is 54.7 Å². The van der Waals surface area contributed by atoms with Crippen LogP contribution in [0.5, 0.6) is 5.75 Å². The van der Waals surface area contributed by atoms with Crippen LogP contribution in [-0.2, 0) is 20.7 Å². The number of carbonyl (C=O) groups is 2. The number of aromatic nitrogens is 1. The zero-order valence-electron chi connectivity index (χ0n) is 15.3. The number of esters is 1. The van der Waals surface area contributed by atoms with Gasteiger partial charge in [0.25, 0.3) is 5.91 Å². The summed E-state index contributed by atoms with van der Waals surface area (Å²) in [5.41, 5.74) is 2.34. The predicted molar refractivity (Wildman–Crippen MR) is 104 cm³/mol. The first-order chi connectivity index (χ1) is 13.1. The van der Waals surface area contributed by atoms with Crippen LogP contribution in [0.25, 0.3) is 10.9 Å². The van der Waals surface area contributed by atoms with Gasteiger partial charge in [-0.2, -0.15) is 0 Å². The summed E-state index contributed by atoms with van der Waals surface area (Å²) in [6.45, 7) is 3.90. The van der Waals surface area contributed by atoms with Crippen molar-refractivity contribution in [1.29, 1.82) is 0 Å². The lowest BCUT2D eigenvalue weighted by Gasteiger charge is -2.15. The fourth-order valence-corrected chi connectivity index (χ4v) is 2.81. The van der Waals surface area contributed by atoms with Crippen molar-refractivity contribution in [3.05, 3.63) is 60.3 Å². The second kappa shape index (κ2) is 8.40. The number of ether oxygens (including phenoxy) is 2. The van der Waals surface area contributed by atoms with Gasteiger partial charge in [-0.1, -0.05) is 30.3 Å². The number of nitrogens with one attached hydrogen (secondary N) is 2. The highest BCUT2D eigenvalue weighted by Crippen LogP contribution is 2.24. The van der Waals surface area contributed by atoms with E-state index in [1.807, 2.05) is 37.3 Å². The molecule has 0 spiro atoms. The third-order valence-electron chi connectivity index (χ3n) is 4.13. The number of para-hydroxylation sites is 3. The Labute approximate surface area is 157 Å². The van der Waals surface area contributed by atoms with Crippen LogP contribution in [0, 0.1) is 0 Å². The molecule has 0 aliphatic carbocycles. The summed E-state index contributed by atoms with van der Waals surface area (Å²) < 4.78 is 10.8. The molecule has 140 valence electrons. The monoisotopic (exact) mass is 366 g/mol. The third kappa shape index (κ3) is 4.47. The summed E-state index contributed by atoms with van der Waals surface area (Å²) in [5, 5.41) is 3.71. The lowest BCUT2D eigenvalue weighted by Crippen LogP contribution is -2.30. The van der Waals surface area contributed by atoms with Gasteiger partial charge >= 0.3 is 5.97 Å². The summed E-state index contributed by atoms with van der Waals surface area (Å²) in [5.74, 6) is -0.291. The van der Waals surface area contributed by atoms with E-state index in [-0.39, 0.29) is 6.42 Å². The molecule has 3 rings (SSSR count). The first-order valence-corrected chi connectivity index (χ1v) is 8.85. The van der Waals surface area contributed by atoms with Crippen molar-refractivity contribution in [1.82, 2.24) is 4.98 Å². The van der Waals surface area contributed by atoms with Crippen molar-refractivity contribution in [3.8, 4) is 5.75 Å². The number of aromatic amines is 1. The summed E-state index contributed by atoms with van der Waals surface area (Å²) in [6, 6.07) is 14.9. The van der Waals surface area contributed by atoms with Gasteiger partial charge in [-0.3, -0.25) is 9.59 Å². The number of carbonyl (C=O) groups excluding carboxylic acids is 2. The SMILES string of the molecule is CCOc1ccccc1NC(=O)C(C)OC(=O)Cc1c[nH]c2ccccc12. The van der Waals surface area contributed by atoms with Crippen LogP contribution in [-0.4, -0.2) is 29.6 Å². The highest BCUT2D eigenvalue weighted by molar-refractivity contribution is 5.96. The number of hydrogen-bond acceptors (Lipinski definition) is 4. The largest absolute Gasteiger partial charge is 0.492 e. The number of anilines is 1. The van der Waals surface area contributed by atoms with Gasteiger partial charge in [-0.05, 0) is 37.6 Å². The molecule has 0 bridgehead atoms. The van der Waals surface area contributed by atoms with Gasteiger partial charge in [0.05, 0.1) is 18.7 Å². The molecular formula is C21H22N2O4. The molecule has 0 radical (unpaired) electrons. The van der Waals surface area contributed by atoms with Crippen LogP contribution in [0.1, 0.15) is 19.4 Å². The van der Waals surface area contributed by atoms with Crippen molar-refractivity contribution in [2.24, 2.45) is 0 Å². The van der Waals surface area contributed by atoms with Crippen LogP contribution in [0.2, 0.25) is 0 Å². The number of fused-ring (bicyclic) bond motifs is 1. The highest BCUT2D eigenvalue weighted by atomic mass is 16.5. The number of amides is 1. The molecule has 1 atom stereocenters. The maximum Gasteiger partial charge on any atom is 0.311 e. The van der Waals surface area contributed by atoms with Crippen molar-refractivity contribution >= 4 is 28.5 Å². The quantitative estimate of drug-likeness (QED) is 0.625. The maximum absolute atomic E-state index is 12.4. The second-order valence-electron chi connectivity index (χ2n) is 6.09. The molecule has 1 aromatic heterocycles. The molecule has 2 N–H and O–H groups in total. The number of rotatable bonds is 7. The Kier molecular flexibility index (Phi) is 5.76. The van der Waals surface area contributed by atoms with Crippen LogP contribution >= 0.6 is 0 Å². The number of hydrogen-bond donors (Lipinski definition) is 2. The first-order valence-electron chi connectivity index (χ1n) is 8.85. The molecule has 3 aromatic rings. The van der Waals surface area contributed by atoms with E-state index >= 15 is 0 Å². The molecule has 0 saturated heterocycles. The highest BCUT2D eigenvalue weighted by Gasteiger charge is 2.20. The van der Waals surface area contributed by atoms with E-state index in [0.717, 1.165) is 16.5 Å². The fourth-order valence-electron chi connectivity index (χ4n) is 2.81. The molecule has 1 unspecified atom stereocenters. The summed E-state index contributed by atoms with van der Waals surface area (Å²) >= 11 is 0. The summed E-state index contributed by atoms with van der Waals surface area (Å²) in [6.07, 6.45) is 0.962.